The summed E-state index contributed by atoms with van der Waals surface area (Å²) in [5.41, 5.74) is -0.642. The molecular formula is C41H82N2O4. The van der Waals surface area contributed by atoms with Crippen LogP contribution in [0.3, 0.4) is 0 Å². The van der Waals surface area contributed by atoms with Crippen LogP contribution in [0.15, 0.2) is 0 Å². The number of aliphatic hydroxyl groups is 2. The molecule has 280 valence electrons. The van der Waals surface area contributed by atoms with E-state index in [1.54, 1.807) is 19.0 Å². The Morgan fingerprint density at radius 3 is 1.15 bits per heavy atom. The minimum absolute atomic E-state index is 0.130. The van der Waals surface area contributed by atoms with E-state index in [-0.39, 0.29) is 28.9 Å². The third-order valence-electron chi connectivity index (χ3n) is 11.0. The second-order valence-electron chi connectivity index (χ2n) is 16.9. The molecule has 1 heterocycles. The van der Waals surface area contributed by atoms with Crippen LogP contribution in [0.4, 0.5) is 0 Å². The van der Waals surface area contributed by atoms with Crippen molar-refractivity contribution in [3.05, 3.63) is 0 Å². The first-order chi connectivity index (χ1) is 21.9. The van der Waals surface area contributed by atoms with E-state index in [0.29, 0.717) is 17.7 Å². The molecule has 0 aromatic heterocycles. The lowest BCUT2D eigenvalue weighted by Gasteiger charge is -2.35. The summed E-state index contributed by atoms with van der Waals surface area (Å²) in [6, 6.07) is 0. The van der Waals surface area contributed by atoms with E-state index in [0.717, 1.165) is 50.6 Å². The third-order valence-corrected chi connectivity index (χ3v) is 11.0. The lowest BCUT2D eigenvalue weighted by atomic mass is 9.77. The first-order valence-corrected chi connectivity index (χ1v) is 19.8. The second-order valence-corrected chi connectivity index (χ2v) is 16.9. The maximum atomic E-state index is 11.3. The van der Waals surface area contributed by atoms with Gasteiger partial charge in [-0.25, -0.2) is 0 Å². The summed E-state index contributed by atoms with van der Waals surface area (Å²) in [4.78, 5) is 25.6. The van der Waals surface area contributed by atoms with Crippen molar-refractivity contribution in [3.8, 4) is 0 Å². The van der Waals surface area contributed by atoms with Gasteiger partial charge in [-0.3, -0.25) is 9.59 Å². The highest BCUT2D eigenvalue weighted by Crippen LogP contribution is 2.34. The summed E-state index contributed by atoms with van der Waals surface area (Å²) in [6.45, 7) is 22.8. The van der Waals surface area contributed by atoms with Crippen LogP contribution in [-0.2, 0) is 9.59 Å². The Balaban J connectivity index is 0.000000564. The molecule has 0 aromatic carbocycles. The molecule has 2 amide bonds. The summed E-state index contributed by atoms with van der Waals surface area (Å²) in [5, 5.41) is 19.9. The van der Waals surface area contributed by atoms with Crippen LogP contribution in [0.5, 0.6) is 0 Å². The zero-order chi connectivity index (χ0) is 36.2. The van der Waals surface area contributed by atoms with Crippen LogP contribution in [0.2, 0.25) is 0 Å². The van der Waals surface area contributed by atoms with Gasteiger partial charge in [-0.15, -0.1) is 0 Å². The second kappa shape index (κ2) is 24.1. The number of amides is 2. The molecule has 0 radical (unpaired) electrons. The Labute approximate surface area is 293 Å². The van der Waals surface area contributed by atoms with Crippen molar-refractivity contribution in [2.45, 2.75) is 190 Å². The Morgan fingerprint density at radius 2 is 0.936 bits per heavy atom. The molecule has 1 saturated heterocycles. The number of carbonyl (C=O) groups excluding carboxylic acids is 2. The summed E-state index contributed by atoms with van der Waals surface area (Å²) in [7, 11) is 3.53. The number of hydrogen-bond acceptors (Lipinski definition) is 4. The van der Waals surface area contributed by atoms with Crippen LogP contribution in [0.1, 0.15) is 178 Å². The molecule has 4 rings (SSSR count). The average molecular weight is 667 g/mol. The van der Waals surface area contributed by atoms with Crippen LogP contribution in [0, 0.1) is 35.5 Å². The van der Waals surface area contributed by atoms with Gasteiger partial charge in [0, 0.05) is 39.0 Å². The Morgan fingerprint density at radius 1 is 0.574 bits per heavy atom. The van der Waals surface area contributed by atoms with Crippen molar-refractivity contribution in [1.29, 1.82) is 0 Å². The number of likely N-dealkylation sites (tertiary alicyclic amines) is 1. The first-order valence-electron chi connectivity index (χ1n) is 19.8. The Bertz CT molecular complexity index is 758. The van der Waals surface area contributed by atoms with Gasteiger partial charge in [0.15, 0.2) is 0 Å². The smallest absolute Gasteiger partial charge is 0.225 e. The fraction of sp³-hybridized carbons (Fsp3) is 0.951. The van der Waals surface area contributed by atoms with E-state index < -0.39 is 0 Å². The summed E-state index contributed by atoms with van der Waals surface area (Å²) in [5.74, 6) is 3.68. The fourth-order valence-corrected chi connectivity index (χ4v) is 7.10. The highest BCUT2D eigenvalue weighted by atomic mass is 16.3. The molecule has 0 spiro atoms. The molecule has 4 fully saturated rings. The molecule has 6 heteroatoms. The van der Waals surface area contributed by atoms with Crippen molar-refractivity contribution in [1.82, 2.24) is 9.80 Å². The van der Waals surface area contributed by atoms with E-state index in [9.17, 15) is 19.8 Å². The lowest BCUT2D eigenvalue weighted by Crippen LogP contribution is -2.36. The van der Waals surface area contributed by atoms with Crippen LogP contribution in [0.25, 0.3) is 0 Å². The van der Waals surface area contributed by atoms with Crippen molar-refractivity contribution < 1.29 is 19.8 Å². The van der Waals surface area contributed by atoms with Gasteiger partial charge in [0.2, 0.25) is 11.8 Å². The van der Waals surface area contributed by atoms with Crippen molar-refractivity contribution >= 4 is 11.8 Å². The maximum absolute atomic E-state index is 11.3. The molecule has 47 heavy (non-hydrogen) atoms. The van der Waals surface area contributed by atoms with Crippen molar-refractivity contribution in [2.75, 3.05) is 27.2 Å². The van der Waals surface area contributed by atoms with E-state index in [2.05, 4.69) is 41.5 Å². The molecule has 6 nitrogen and oxygen atoms in total. The molecule has 0 unspecified atom stereocenters. The molecule has 1 aliphatic heterocycles. The van der Waals surface area contributed by atoms with Gasteiger partial charge < -0.3 is 20.0 Å². The molecule has 2 N–H and O–H groups in total. The zero-order valence-electron chi connectivity index (χ0n) is 33.5. The third kappa shape index (κ3) is 19.0. The first kappa shape index (κ1) is 45.9. The number of nitrogens with zero attached hydrogens (tertiary/aromatic N) is 2. The van der Waals surface area contributed by atoms with E-state index in [1.165, 1.54) is 83.5 Å². The van der Waals surface area contributed by atoms with Gasteiger partial charge in [-0.05, 0) is 62.2 Å². The van der Waals surface area contributed by atoms with Gasteiger partial charge in [-0.2, -0.15) is 0 Å². The largest absolute Gasteiger partial charge is 0.390 e. The van der Waals surface area contributed by atoms with Crippen molar-refractivity contribution in [2.24, 2.45) is 35.5 Å². The standard InChI is InChI=1S/2C9H18O.C9H18.C8H15NO.C6H13NO/c2*1-8(2)9(10)6-4-3-5-7-9;1-8(2)9-6-4-3-5-7-9;1-7(2)8(10)9-5-3-4-6-9;1-5(2)6(8)7(3)4/h2*8,10H,3-7H2,1-2H3;8-9H,3-7H2,1-2H3;7H,3-6H2,1-2H3;5H,1-4H3. The van der Waals surface area contributed by atoms with Crippen LogP contribution < -0.4 is 0 Å². The van der Waals surface area contributed by atoms with Gasteiger partial charge in [0.25, 0.3) is 0 Å². The predicted molar refractivity (Wildman–Crippen MR) is 201 cm³/mol. The minimum Gasteiger partial charge on any atom is -0.390 e. The molecule has 0 aromatic rings. The SMILES string of the molecule is CC(C)C(=O)N(C)C.CC(C)C(=O)N1CCCC1.CC(C)C1(O)CCCCC1.CC(C)C1(O)CCCCC1.CC(C)C1CCCCC1. The maximum Gasteiger partial charge on any atom is 0.225 e. The van der Waals surface area contributed by atoms with Crippen LogP contribution >= 0.6 is 0 Å². The monoisotopic (exact) mass is 667 g/mol. The lowest BCUT2D eigenvalue weighted by molar-refractivity contribution is -0.133. The molecule has 3 saturated carbocycles. The predicted octanol–water partition coefficient (Wildman–Crippen LogP) is 9.89. The summed E-state index contributed by atoms with van der Waals surface area (Å²) >= 11 is 0. The Hall–Kier alpha value is -1.14. The van der Waals surface area contributed by atoms with E-state index in [1.807, 2.05) is 32.6 Å². The molecule has 4 aliphatic rings. The van der Waals surface area contributed by atoms with Crippen molar-refractivity contribution in [3.63, 3.8) is 0 Å². The molecule has 3 aliphatic carbocycles. The highest BCUT2D eigenvalue weighted by molar-refractivity contribution is 5.78. The quantitative estimate of drug-likeness (QED) is 0.306. The van der Waals surface area contributed by atoms with E-state index in [4.69, 9.17) is 0 Å². The normalized spacial score (nSPS) is 20.7. The minimum atomic E-state index is -0.321. The number of carbonyl (C=O) groups is 2. The summed E-state index contributed by atoms with van der Waals surface area (Å²) in [6.07, 6.45) is 21.4. The van der Waals surface area contributed by atoms with Gasteiger partial charge in [0.1, 0.15) is 0 Å². The average Bonchev–Trinajstić information content (AvgIpc) is 3.58. The van der Waals surface area contributed by atoms with Gasteiger partial charge in [-0.1, -0.05) is 140 Å². The number of hydrogen-bond donors (Lipinski definition) is 2. The topological polar surface area (TPSA) is 81.1 Å². The molecular weight excluding hydrogens is 584 g/mol. The van der Waals surface area contributed by atoms with Gasteiger partial charge >= 0.3 is 0 Å². The zero-order valence-corrected chi connectivity index (χ0v) is 33.5. The highest BCUT2D eigenvalue weighted by Gasteiger charge is 2.32. The van der Waals surface area contributed by atoms with Crippen LogP contribution in [-0.4, -0.2) is 70.2 Å². The molecule has 0 atom stereocenters. The Kier molecular flexibility index (Phi) is 23.5. The summed E-state index contributed by atoms with van der Waals surface area (Å²) < 4.78 is 0. The molecule has 0 bridgehead atoms. The van der Waals surface area contributed by atoms with E-state index >= 15 is 0 Å². The number of rotatable bonds is 5. The fourth-order valence-electron chi connectivity index (χ4n) is 7.10. The van der Waals surface area contributed by atoms with Gasteiger partial charge in [0.05, 0.1) is 11.2 Å².